The van der Waals surface area contributed by atoms with Gasteiger partial charge in [-0.1, -0.05) is 41.1 Å². The molecular formula is C19H13ClN4O2S3. The van der Waals surface area contributed by atoms with Crippen LogP contribution in [0.15, 0.2) is 47.2 Å². The van der Waals surface area contributed by atoms with Crippen molar-refractivity contribution < 1.29 is 9.59 Å². The summed E-state index contributed by atoms with van der Waals surface area (Å²) in [6.45, 7) is 1.85. The number of aromatic nitrogens is 2. The number of carbonyl (C=O) groups excluding carboxylic acids is 2. The van der Waals surface area contributed by atoms with Gasteiger partial charge in [-0.2, -0.15) is 0 Å². The van der Waals surface area contributed by atoms with Crippen LogP contribution in [0, 0.1) is 6.92 Å². The lowest BCUT2D eigenvalue weighted by atomic mass is 10.2. The summed E-state index contributed by atoms with van der Waals surface area (Å²) < 4.78 is 0. The minimum atomic E-state index is -0.321. The summed E-state index contributed by atoms with van der Waals surface area (Å²) in [7, 11) is 0. The zero-order valence-corrected chi connectivity index (χ0v) is 18.1. The molecule has 3 heterocycles. The Bertz CT molecular complexity index is 1180. The van der Waals surface area contributed by atoms with Crippen molar-refractivity contribution >= 4 is 67.7 Å². The summed E-state index contributed by atoms with van der Waals surface area (Å²) in [5.41, 5.74) is 1.83. The van der Waals surface area contributed by atoms with Crippen LogP contribution in [0.25, 0.3) is 10.6 Å². The molecule has 0 aliphatic heterocycles. The highest BCUT2D eigenvalue weighted by Crippen LogP contribution is 2.35. The average molecular weight is 461 g/mol. The van der Waals surface area contributed by atoms with E-state index in [4.69, 9.17) is 11.6 Å². The zero-order chi connectivity index (χ0) is 20.4. The number of rotatable bonds is 5. The molecule has 0 radical (unpaired) electrons. The Morgan fingerprint density at radius 1 is 0.966 bits per heavy atom. The number of nitrogens with zero attached hydrogens (tertiary/aromatic N) is 2. The van der Waals surface area contributed by atoms with E-state index < -0.39 is 0 Å². The Kier molecular flexibility index (Phi) is 5.72. The predicted octanol–water partition coefficient (Wildman–Crippen LogP) is 5.79. The molecule has 0 saturated carbocycles. The molecule has 0 aliphatic carbocycles. The van der Waals surface area contributed by atoms with Crippen molar-refractivity contribution in [3.05, 3.63) is 68.3 Å². The molecule has 146 valence electrons. The highest BCUT2D eigenvalue weighted by atomic mass is 35.5. The minimum absolute atomic E-state index is 0.186. The van der Waals surface area contributed by atoms with Gasteiger partial charge in [0.05, 0.1) is 31.7 Å². The Balaban J connectivity index is 1.50. The van der Waals surface area contributed by atoms with Crippen molar-refractivity contribution in [3.8, 4) is 10.6 Å². The van der Waals surface area contributed by atoms with E-state index >= 15 is 0 Å². The van der Waals surface area contributed by atoms with Crippen molar-refractivity contribution in [3.63, 3.8) is 0 Å². The third-order valence-electron chi connectivity index (χ3n) is 3.84. The Morgan fingerprint density at radius 3 is 2.52 bits per heavy atom. The van der Waals surface area contributed by atoms with Crippen LogP contribution in [-0.4, -0.2) is 21.8 Å². The van der Waals surface area contributed by atoms with Gasteiger partial charge in [0.1, 0.15) is 0 Å². The molecule has 6 nitrogen and oxygen atoms in total. The van der Waals surface area contributed by atoms with E-state index in [2.05, 4.69) is 20.6 Å². The zero-order valence-electron chi connectivity index (χ0n) is 14.9. The largest absolute Gasteiger partial charge is 0.298 e. The van der Waals surface area contributed by atoms with Crippen LogP contribution in [0.1, 0.15) is 25.7 Å². The van der Waals surface area contributed by atoms with E-state index in [1.165, 1.54) is 34.0 Å². The number of benzene rings is 1. The van der Waals surface area contributed by atoms with Gasteiger partial charge in [0.25, 0.3) is 11.8 Å². The molecule has 0 atom stereocenters. The smallest absolute Gasteiger partial charge is 0.267 e. The Morgan fingerprint density at radius 2 is 1.76 bits per heavy atom. The summed E-state index contributed by atoms with van der Waals surface area (Å²) >= 11 is 10.1. The van der Waals surface area contributed by atoms with E-state index in [9.17, 15) is 9.59 Å². The van der Waals surface area contributed by atoms with Crippen molar-refractivity contribution in [1.82, 2.24) is 9.97 Å². The fourth-order valence-electron chi connectivity index (χ4n) is 2.50. The predicted molar refractivity (Wildman–Crippen MR) is 120 cm³/mol. The number of amides is 2. The number of hydrogen-bond acceptors (Lipinski definition) is 7. The minimum Gasteiger partial charge on any atom is -0.298 e. The molecule has 2 amide bonds. The number of thiazole rings is 2. The fraction of sp³-hybridized carbons (Fsp3) is 0.0526. The van der Waals surface area contributed by atoms with Crippen LogP contribution < -0.4 is 10.6 Å². The normalized spacial score (nSPS) is 10.7. The number of aryl methyl sites for hydroxylation is 1. The summed E-state index contributed by atoms with van der Waals surface area (Å²) in [5.74, 6) is -0.507. The number of halogens is 1. The van der Waals surface area contributed by atoms with Gasteiger partial charge >= 0.3 is 0 Å². The SMILES string of the molecule is Cc1nc(NC(=O)c2ccccc2Cl)sc1-c1csc(NC(=O)c2cccs2)n1. The topological polar surface area (TPSA) is 84.0 Å². The van der Waals surface area contributed by atoms with Gasteiger partial charge in [-0.05, 0) is 30.5 Å². The van der Waals surface area contributed by atoms with Crippen LogP contribution in [0.3, 0.4) is 0 Å². The van der Waals surface area contributed by atoms with Crippen LogP contribution in [0.5, 0.6) is 0 Å². The van der Waals surface area contributed by atoms with Gasteiger partial charge in [0, 0.05) is 5.38 Å². The third kappa shape index (κ3) is 4.38. The molecule has 2 N–H and O–H groups in total. The van der Waals surface area contributed by atoms with E-state index in [0.717, 1.165) is 10.6 Å². The molecule has 10 heteroatoms. The maximum atomic E-state index is 12.4. The third-order valence-corrected chi connectivity index (χ3v) is 6.89. The number of thiophene rings is 1. The monoisotopic (exact) mass is 460 g/mol. The Hall–Kier alpha value is -2.59. The summed E-state index contributed by atoms with van der Waals surface area (Å²) in [5, 5.41) is 10.6. The average Bonchev–Trinajstić information content (AvgIpc) is 3.43. The lowest BCUT2D eigenvalue weighted by Gasteiger charge is -2.03. The molecule has 0 spiro atoms. The molecule has 0 bridgehead atoms. The molecule has 0 unspecified atom stereocenters. The van der Waals surface area contributed by atoms with Gasteiger partial charge in [-0.25, -0.2) is 9.97 Å². The first-order chi connectivity index (χ1) is 14.0. The number of nitrogens with one attached hydrogen (secondary N) is 2. The number of hydrogen-bond donors (Lipinski definition) is 2. The summed E-state index contributed by atoms with van der Waals surface area (Å²) in [6.07, 6.45) is 0. The molecule has 1 aromatic carbocycles. The molecule has 4 aromatic rings. The van der Waals surface area contributed by atoms with Crippen molar-refractivity contribution in [2.24, 2.45) is 0 Å². The summed E-state index contributed by atoms with van der Waals surface area (Å²) in [4.78, 5) is 35.0. The molecule has 4 rings (SSSR count). The van der Waals surface area contributed by atoms with Crippen LogP contribution in [0.2, 0.25) is 5.02 Å². The lowest BCUT2D eigenvalue weighted by molar-refractivity contribution is 0.102. The second-order valence-corrected chi connectivity index (χ2v) is 9.05. The van der Waals surface area contributed by atoms with E-state index in [-0.39, 0.29) is 11.8 Å². The van der Waals surface area contributed by atoms with Crippen LogP contribution >= 0.6 is 45.6 Å². The summed E-state index contributed by atoms with van der Waals surface area (Å²) in [6, 6.07) is 10.4. The van der Waals surface area contributed by atoms with E-state index in [1.807, 2.05) is 23.8 Å². The number of anilines is 2. The number of carbonyl (C=O) groups is 2. The fourth-order valence-corrected chi connectivity index (χ4v) is 5.03. The lowest BCUT2D eigenvalue weighted by Crippen LogP contribution is -2.12. The molecular weight excluding hydrogens is 448 g/mol. The Labute approximate surface area is 183 Å². The van der Waals surface area contributed by atoms with Gasteiger partial charge < -0.3 is 0 Å². The van der Waals surface area contributed by atoms with Gasteiger partial charge in [0.2, 0.25) is 0 Å². The highest BCUT2D eigenvalue weighted by molar-refractivity contribution is 7.20. The van der Waals surface area contributed by atoms with Gasteiger partial charge in [-0.15, -0.1) is 22.7 Å². The molecule has 0 fully saturated rings. The van der Waals surface area contributed by atoms with E-state index in [1.54, 1.807) is 30.3 Å². The first-order valence-electron chi connectivity index (χ1n) is 8.35. The van der Waals surface area contributed by atoms with Gasteiger partial charge in [-0.3, -0.25) is 20.2 Å². The molecule has 29 heavy (non-hydrogen) atoms. The first kappa shape index (κ1) is 19.7. The quantitative estimate of drug-likeness (QED) is 0.394. The van der Waals surface area contributed by atoms with Crippen LogP contribution in [-0.2, 0) is 0 Å². The second-order valence-electron chi connectivity index (χ2n) is 5.84. The molecule has 3 aromatic heterocycles. The standard InChI is InChI=1S/C19H13ClN4O2S3/c1-10-15(13-9-28-18(22-13)24-17(26)14-7-4-8-27-14)29-19(21-10)23-16(25)11-5-2-3-6-12(11)20/h2-9H,1H3,(H,21,23,25)(H,22,24,26). The maximum absolute atomic E-state index is 12.4. The maximum Gasteiger partial charge on any atom is 0.267 e. The van der Waals surface area contributed by atoms with Crippen molar-refractivity contribution in [2.75, 3.05) is 10.6 Å². The van der Waals surface area contributed by atoms with Crippen LogP contribution in [0.4, 0.5) is 10.3 Å². The van der Waals surface area contributed by atoms with E-state index in [0.29, 0.717) is 31.4 Å². The molecule has 0 saturated heterocycles. The van der Waals surface area contributed by atoms with Gasteiger partial charge in [0.15, 0.2) is 10.3 Å². The van der Waals surface area contributed by atoms with Crippen molar-refractivity contribution in [1.29, 1.82) is 0 Å². The highest BCUT2D eigenvalue weighted by Gasteiger charge is 2.17. The molecule has 0 aliphatic rings. The second kappa shape index (κ2) is 8.42. The van der Waals surface area contributed by atoms with Crippen molar-refractivity contribution in [2.45, 2.75) is 6.92 Å². The first-order valence-corrected chi connectivity index (χ1v) is 11.3.